The first-order chi connectivity index (χ1) is 14.2. The van der Waals surface area contributed by atoms with E-state index in [9.17, 15) is 4.79 Å². The van der Waals surface area contributed by atoms with Crippen LogP contribution in [-0.4, -0.2) is 41.7 Å². The van der Waals surface area contributed by atoms with Crippen LogP contribution in [0.1, 0.15) is 28.1 Å². The van der Waals surface area contributed by atoms with E-state index in [4.69, 9.17) is 9.47 Å². The number of carbonyl (C=O) groups excluding carboxylic acids is 1. The zero-order valence-corrected chi connectivity index (χ0v) is 16.9. The van der Waals surface area contributed by atoms with Gasteiger partial charge >= 0.3 is 0 Å². The third kappa shape index (κ3) is 3.72. The summed E-state index contributed by atoms with van der Waals surface area (Å²) in [6.07, 6.45) is 3.82. The van der Waals surface area contributed by atoms with Crippen LogP contribution >= 0.6 is 11.3 Å². The van der Waals surface area contributed by atoms with Gasteiger partial charge in [-0.15, -0.1) is 11.3 Å². The Morgan fingerprint density at radius 1 is 1.21 bits per heavy atom. The molecular formula is C21H22N4O3S. The van der Waals surface area contributed by atoms with E-state index < -0.39 is 0 Å². The third-order valence-corrected chi connectivity index (χ3v) is 6.44. The number of amides is 1. The molecular weight excluding hydrogens is 388 g/mol. The summed E-state index contributed by atoms with van der Waals surface area (Å²) in [5, 5.41) is 7.30. The largest absolute Gasteiger partial charge is 0.486 e. The summed E-state index contributed by atoms with van der Waals surface area (Å²) in [7, 11) is 0. The normalized spacial score (nSPS) is 17.9. The van der Waals surface area contributed by atoms with Gasteiger partial charge in [-0.05, 0) is 43.4 Å². The van der Waals surface area contributed by atoms with Gasteiger partial charge in [0.1, 0.15) is 29.7 Å². The molecule has 3 aromatic rings. The molecule has 5 rings (SSSR count). The second-order valence-corrected chi connectivity index (χ2v) is 8.49. The standard InChI is InChI=1S/C21H22N4O3S/c1-12-17-19(22-9-14-10-27-15-4-2-3-5-16(15)28-14)24-11-25-21(17)29-18(12)20(26)23-8-13-6-7-13/h2-5,11,13-14H,6-10H2,1H3,(H,23,26)(H,22,24,25). The fourth-order valence-corrected chi connectivity index (χ4v) is 4.50. The Balaban J connectivity index is 1.32. The van der Waals surface area contributed by atoms with E-state index >= 15 is 0 Å². The minimum absolute atomic E-state index is 0.0241. The van der Waals surface area contributed by atoms with E-state index in [1.165, 1.54) is 30.5 Å². The minimum Gasteiger partial charge on any atom is -0.486 e. The van der Waals surface area contributed by atoms with E-state index in [1.54, 1.807) is 0 Å². The smallest absolute Gasteiger partial charge is 0.261 e. The van der Waals surface area contributed by atoms with Crippen LogP contribution in [0.3, 0.4) is 0 Å². The highest BCUT2D eigenvalue weighted by Crippen LogP contribution is 2.34. The van der Waals surface area contributed by atoms with Crippen molar-refractivity contribution in [3.8, 4) is 11.5 Å². The molecule has 29 heavy (non-hydrogen) atoms. The van der Waals surface area contributed by atoms with Crippen LogP contribution in [0, 0.1) is 12.8 Å². The number of aryl methyl sites for hydroxylation is 1. The molecule has 1 aliphatic carbocycles. The van der Waals surface area contributed by atoms with Gasteiger partial charge in [0, 0.05) is 6.54 Å². The molecule has 1 unspecified atom stereocenters. The second-order valence-electron chi connectivity index (χ2n) is 7.49. The number of fused-ring (bicyclic) bond motifs is 2. The number of hydrogen-bond acceptors (Lipinski definition) is 7. The van der Waals surface area contributed by atoms with Gasteiger partial charge in [-0.25, -0.2) is 9.97 Å². The van der Waals surface area contributed by atoms with Crippen LogP contribution in [0.2, 0.25) is 0 Å². The van der Waals surface area contributed by atoms with Crippen LogP contribution in [0.5, 0.6) is 11.5 Å². The maximum absolute atomic E-state index is 12.6. The van der Waals surface area contributed by atoms with Crippen LogP contribution < -0.4 is 20.1 Å². The topological polar surface area (TPSA) is 85.4 Å². The number of nitrogens with one attached hydrogen (secondary N) is 2. The molecule has 1 aromatic carbocycles. The molecule has 8 heteroatoms. The highest BCUT2D eigenvalue weighted by atomic mass is 32.1. The van der Waals surface area contributed by atoms with Gasteiger partial charge in [-0.1, -0.05) is 12.1 Å². The number of rotatable bonds is 6. The highest BCUT2D eigenvalue weighted by Gasteiger charge is 2.25. The first-order valence-corrected chi connectivity index (χ1v) is 10.7. The summed E-state index contributed by atoms with van der Waals surface area (Å²) in [4.78, 5) is 22.9. The number of aromatic nitrogens is 2. The number of hydrogen-bond donors (Lipinski definition) is 2. The van der Waals surface area contributed by atoms with Crippen molar-refractivity contribution in [3.05, 3.63) is 41.0 Å². The number of carbonyl (C=O) groups is 1. The Kier molecular flexibility index (Phi) is 4.71. The molecule has 1 saturated carbocycles. The first-order valence-electron chi connectivity index (χ1n) is 9.83. The van der Waals surface area contributed by atoms with Gasteiger partial charge < -0.3 is 20.1 Å². The molecule has 7 nitrogen and oxygen atoms in total. The van der Waals surface area contributed by atoms with Crippen molar-refractivity contribution in [1.82, 2.24) is 15.3 Å². The monoisotopic (exact) mass is 410 g/mol. The first kappa shape index (κ1) is 18.2. The summed E-state index contributed by atoms with van der Waals surface area (Å²) in [6.45, 7) is 3.72. The van der Waals surface area contributed by atoms with E-state index in [0.29, 0.717) is 29.8 Å². The predicted molar refractivity (Wildman–Crippen MR) is 112 cm³/mol. The Hall–Kier alpha value is -2.87. The molecule has 3 heterocycles. The zero-order valence-electron chi connectivity index (χ0n) is 16.1. The van der Waals surface area contributed by atoms with Gasteiger partial charge in [0.05, 0.1) is 16.8 Å². The highest BCUT2D eigenvalue weighted by molar-refractivity contribution is 7.20. The lowest BCUT2D eigenvalue weighted by atomic mass is 10.2. The molecule has 0 radical (unpaired) electrons. The van der Waals surface area contributed by atoms with Crippen molar-refractivity contribution in [1.29, 1.82) is 0 Å². The molecule has 0 saturated heterocycles. The number of nitrogens with zero attached hydrogens (tertiary/aromatic N) is 2. The Morgan fingerprint density at radius 2 is 2.03 bits per heavy atom. The fraction of sp³-hybridized carbons (Fsp3) is 0.381. The van der Waals surface area contributed by atoms with Crippen molar-refractivity contribution in [2.75, 3.05) is 25.0 Å². The average molecular weight is 410 g/mol. The summed E-state index contributed by atoms with van der Waals surface area (Å²) in [5.41, 5.74) is 0.910. The molecule has 2 aromatic heterocycles. The number of benzene rings is 1. The predicted octanol–water partition coefficient (Wildman–Crippen LogP) is 3.39. The SMILES string of the molecule is Cc1c(C(=O)NCC2CC2)sc2ncnc(NCC3COc4ccccc4O3)c12. The molecule has 2 N–H and O–H groups in total. The maximum atomic E-state index is 12.6. The van der Waals surface area contributed by atoms with E-state index in [0.717, 1.165) is 33.8 Å². The Bertz CT molecular complexity index is 1060. The van der Waals surface area contributed by atoms with E-state index in [1.807, 2.05) is 31.2 Å². The van der Waals surface area contributed by atoms with E-state index in [2.05, 4.69) is 20.6 Å². The van der Waals surface area contributed by atoms with Crippen LogP contribution in [0.4, 0.5) is 5.82 Å². The summed E-state index contributed by atoms with van der Waals surface area (Å²) in [5.74, 6) is 2.85. The lowest BCUT2D eigenvalue weighted by Gasteiger charge is -2.26. The van der Waals surface area contributed by atoms with Crippen molar-refractivity contribution in [2.24, 2.45) is 5.92 Å². The van der Waals surface area contributed by atoms with Crippen molar-refractivity contribution in [3.63, 3.8) is 0 Å². The van der Waals surface area contributed by atoms with E-state index in [-0.39, 0.29) is 12.0 Å². The number of thiophene rings is 1. The fourth-order valence-electron chi connectivity index (χ4n) is 3.44. The molecule has 150 valence electrons. The zero-order chi connectivity index (χ0) is 19.8. The van der Waals surface area contributed by atoms with Crippen molar-refractivity contribution < 1.29 is 14.3 Å². The summed E-state index contributed by atoms with van der Waals surface area (Å²) < 4.78 is 11.8. The summed E-state index contributed by atoms with van der Waals surface area (Å²) in [6, 6.07) is 7.66. The minimum atomic E-state index is -0.129. The average Bonchev–Trinajstić information content (AvgIpc) is 3.52. The Labute approximate surface area is 172 Å². The molecule has 1 amide bonds. The lowest BCUT2D eigenvalue weighted by molar-refractivity contribution is 0.0955. The Morgan fingerprint density at radius 3 is 2.86 bits per heavy atom. The third-order valence-electron chi connectivity index (χ3n) is 5.25. The molecule has 2 aliphatic rings. The molecule has 1 atom stereocenters. The van der Waals surface area contributed by atoms with Crippen molar-refractivity contribution >= 4 is 33.3 Å². The number of ether oxygens (including phenoxy) is 2. The number of para-hydroxylation sites is 2. The summed E-state index contributed by atoms with van der Waals surface area (Å²) >= 11 is 1.41. The van der Waals surface area contributed by atoms with Gasteiger partial charge in [0.15, 0.2) is 11.5 Å². The maximum Gasteiger partial charge on any atom is 0.261 e. The molecule has 0 spiro atoms. The van der Waals surface area contributed by atoms with Crippen LogP contribution in [0.15, 0.2) is 30.6 Å². The van der Waals surface area contributed by atoms with Crippen LogP contribution in [-0.2, 0) is 0 Å². The van der Waals surface area contributed by atoms with Crippen LogP contribution in [0.25, 0.3) is 10.2 Å². The molecule has 1 fully saturated rings. The second kappa shape index (κ2) is 7.51. The number of anilines is 1. The van der Waals surface area contributed by atoms with Gasteiger partial charge in [-0.2, -0.15) is 0 Å². The lowest BCUT2D eigenvalue weighted by Crippen LogP contribution is -2.35. The van der Waals surface area contributed by atoms with Gasteiger partial charge in [-0.3, -0.25) is 4.79 Å². The van der Waals surface area contributed by atoms with Crippen molar-refractivity contribution in [2.45, 2.75) is 25.9 Å². The van der Waals surface area contributed by atoms with Gasteiger partial charge in [0.2, 0.25) is 0 Å². The molecule has 0 bridgehead atoms. The van der Waals surface area contributed by atoms with Gasteiger partial charge in [0.25, 0.3) is 5.91 Å². The quantitative estimate of drug-likeness (QED) is 0.648. The molecule has 1 aliphatic heterocycles.